The average Bonchev–Trinajstić information content (AvgIpc) is 3.24. The summed E-state index contributed by atoms with van der Waals surface area (Å²) in [4.78, 5) is 5.12. The molecule has 0 unspecified atom stereocenters. The number of hydrogen-bond acceptors (Lipinski definition) is 6. The van der Waals surface area contributed by atoms with Crippen molar-refractivity contribution >= 4 is 23.0 Å². The number of benzene rings is 1. The van der Waals surface area contributed by atoms with Gasteiger partial charge in [0, 0.05) is 0 Å². The third-order valence-corrected chi connectivity index (χ3v) is 3.74. The standard InChI is InChI=1S/C16H8N4OS/c17-9-12-5-3-11(4-6-12)8-13(10-18)16-19-15(20-21-16)14-2-1-7-22-14/h1-8H/b13-8+. The molecule has 0 aliphatic rings. The summed E-state index contributed by atoms with van der Waals surface area (Å²) in [6, 6.07) is 14.8. The number of aromatic nitrogens is 2. The van der Waals surface area contributed by atoms with Gasteiger partial charge in [0.05, 0.1) is 16.5 Å². The van der Waals surface area contributed by atoms with Crippen LogP contribution in [0.25, 0.3) is 22.4 Å². The van der Waals surface area contributed by atoms with Crippen molar-refractivity contribution < 1.29 is 4.52 Å². The Bertz CT molecular complexity index is 893. The van der Waals surface area contributed by atoms with Gasteiger partial charge in [0.15, 0.2) is 0 Å². The maximum atomic E-state index is 9.29. The summed E-state index contributed by atoms with van der Waals surface area (Å²) >= 11 is 1.50. The molecule has 104 valence electrons. The van der Waals surface area contributed by atoms with Crippen LogP contribution >= 0.6 is 11.3 Å². The lowest BCUT2D eigenvalue weighted by molar-refractivity contribution is 0.409. The van der Waals surface area contributed by atoms with Gasteiger partial charge in [-0.15, -0.1) is 11.3 Å². The summed E-state index contributed by atoms with van der Waals surface area (Å²) in [5.41, 5.74) is 1.62. The first kappa shape index (κ1) is 13.7. The smallest absolute Gasteiger partial charge is 0.268 e. The van der Waals surface area contributed by atoms with Crippen LogP contribution in [0.1, 0.15) is 17.0 Å². The van der Waals surface area contributed by atoms with Crippen molar-refractivity contribution in [2.24, 2.45) is 0 Å². The van der Waals surface area contributed by atoms with Gasteiger partial charge in [-0.3, -0.25) is 0 Å². The number of hydrogen-bond donors (Lipinski definition) is 0. The number of rotatable bonds is 3. The van der Waals surface area contributed by atoms with Crippen LogP contribution in [0.15, 0.2) is 46.3 Å². The summed E-state index contributed by atoms with van der Waals surface area (Å²) in [6.45, 7) is 0. The molecule has 3 aromatic rings. The zero-order valence-electron chi connectivity index (χ0n) is 11.2. The molecular formula is C16H8N4OS. The van der Waals surface area contributed by atoms with Gasteiger partial charge in [-0.25, -0.2) is 0 Å². The Morgan fingerprint density at radius 1 is 1.18 bits per heavy atom. The normalized spacial score (nSPS) is 10.9. The number of nitrogens with zero attached hydrogens (tertiary/aromatic N) is 4. The van der Waals surface area contributed by atoms with Crippen molar-refractivity contribution in [2.45, 2.75) is 0 Å². The fraction of sp³-hybridized carbons (Fsp3) is 0. The van der Waals surface area contributed by atoms with E-state index in [-0.39, 0.29) is 11.5 Å². The maximum Gasteiger partial charge on any atom is 0.268 e. The van der Waals surface area contributed by atoms with Crippen molar-refractivity contribution in [1.29, 1.82) is 10.5 Å². The molecule has 0 saturated carbocycles. The Kier molecular flexibility index (Phi) is 3.78. The van der Waals surface area contributed by atoms with Crippen molar-refractivity contribution in [3.05, 3.63) is 58.8 Å². The van der Waals surface area contributed by atoms with Gasteiger partial charge in [0.1, 0.15) is 11.6 Å². The molecule has 22 heavy (non-hydrogen) atoms. The molecule has 0 atom stereocenters. The van der Waals surface area contributed by atoms with E-state index in [1.807, 2.05) is 23.6 Å². The van der Waals surface area contributed by atoms with E-state index in [1.54, 1.807) is 30.3 Å². The summed E-state index contributed by atoms with van der Waals surface area (Å²) in [7, 11) is 0. The van der Waals surface area contributed by atoms with E-state index in [2.05, 4.69) is 16.2 Å². The molecule has 0 bridgehead atoms. The Morgan fingerprint density at radius 3 is 2.64 bits per heavy atom. The predicted molar refractivity (Wildman–Crippen MR) is 82.3 cm³/mol. The van der Waals surface area contributed by atoms with Crippen LogP contribution in [-0.4, -0.2) is 10.1 Å². The fourth-order valence-electron chi connectivity index (χ4n) is 1.80. The highest BCUT2D eigenvalue weighted by Crippen LogP contribution is 2.24. The van der Waals surface area contributed by atoms with Gasteiger partial charge >= 0.3 is 0 Å². The molecule has 0 N–H and O–H groups in total. The van der Waals surface area contributed by atoms with Gasteiger partial charge in [0.25, 0.3) is 5.89 Å². The molecule has 2 aromatic heterocycles. The molecule has 0 fully saturated rings. The molecule has 0 saturated heterocycles. The fourth-order valence-corrected chi connectivity index (χ4v) is 2.45. The lowest BCUT2D eigenvalue weighted by Crippen LogP contribution is -1.83. The van der Waals surface area contributed by atoms with E-state index < -0.39 is 0 Å². The third kappa shape index (κ3) is 2.78. The quantitative estimate of drug-likeness (QED) is 0.688. The SMILES string of the molecule is N#C/C(=C\c1ccc(C#N)cc1)c1nc(-c2cccs2)no1. The van der Waals surface area contributed by atoms with E-state index in [4.69, 9.17) is 9.78 Å². The lowest BCUT2D eigenvalue weighted by atomic mass is 10.1. The van der Waals surface area contributed by atoms with E-state index in [0.29, 0.717) is 11.4 Å². The molecule has 0 radical (unpaired) electrons. The largest absolute Gasteiger partial charge is 0.333 e. The van der Waals surface area contributed by atoms with E-state index in [1.165, 1.54) is 11.3 Å². The highest BCUT2D eigenvalue weighted by atomic mass is 32.1. The van der Waals surface area contributed by atoms with Crippen molar-refractivity contribution in [1.82, 2.24) is 10.1 Å². The molecule has 0 aliphatic heterocycles. The van der Waals surface area contributed by atoms with Crippen LogP contribution in [0, 0.1) is 22.7 Å². The third-order valence-electron chi connectivity index (χ3n) is 2.87. The van der Waals surface area contributed by atoms with Crippen LogP contribution in [0.5, 0.6) is 0 Å². The molecular weight excluding hydrogens is 296 g/mol. The van der Waals surface area contributed by atoms with Crippen LogP contribution < -0.4 is 0 Å². The molecule has 0 spiro atoms. The van der Waals surface area contributed by atoms with E-state index in [9.17, 15) is 5.26 Å². The molecule has 0 aliphatic carbocycles. The molecule has 3 rings (SSSR count). The molecule has 6 heteroatoms. The first-order chi connectivity index (χ1) is 10.8. The Hall–Kier alpha value is -3.22. The molecule has 2 heterocycles. The van der Waals surface area contributed by atoms with Crippen molar-refractivity contribution in [3.63, 3.8) is 0 Å². The van der Waals surface area contributed by atoms with Crippen LogP contribution in [0.2, 0.25) is 0 Å². The molecule has 5 nitrogen and oxygen atoms in total. The zero-order valence-corrected chi connectivity index (χ0v) is 12.0. The number of allylic oxidation sites excluding steroid dienone is 1. The minimum absolute atomic E-state index is 0.176. The minimum Gasteiger partial charge on any atom is -0.333 e. The van der Waals surface area contributed by atoms with Gasteiger partial charge in [-0.1, -0.05) is 23.4 Å². The van der Waals surface area contributed by atoms with Crippen LogP contribution in [0.3, 0.4) is 0 Å². The van der Waals surface area contributed by atoms with Gasteiger partial charge in [-0.05, 0) is 35.2 Å². The molecule has 1 aromatic carbocycles. The summed E-state index contributed by atoms with van der Waals surface area (Å²) in [6.07, 6.45) is 1.65. The minimum atomic E-state index is 0.176. The van der Waals surface area contributed by atoms with E-state index >= 15 is 0 Å². The monoisotopic (exact) mass is 304 g/mol. The Labute approximate surface area is 130 Å². The van der Waals surface area contributed by atoms with Crippen LogP contribution in [0.4, 0.5) is 0 Å². The number of nitriles is 2. The van der Waals surface area contributed by atoms with Gasteiger partial charge in [-0.2, -0.15) is 15.5 Å². The first-order valence-corrected chi connectivity index (χ1v) is 7.18. The van der Waals surface area contributed by atoms with E-state index in [0.717, 1.165) is 10.4 Å². The highest BCUT2D eigenvalue weighted by molar-refractivity contribution is 7.13. The number of thiophene rings is 1. The maximum absolute atomic E-state index is 9.29. The molecule has 0 amide bonds. The second-order valence-electron chi connectivity index (χ2n) is 4.30. The lowest BCUT2D eigenvalue weighted by Gasteiger charge is -1.94. The van der Waals surface area contributed by atoms with Crippen molar-refractivity contribution in [3.8, 4) is 22.8 Å². The first-order valence-electron chi connectivity index (χ1n) is 6.30. The predicted octanol–water partition coefficient (Wildman–Crippen LogP) is 3.73. The second kappa shape index (κ2) is 6.04. The zero-order chi connectivity index (χ0) is 15.4. The summed E-state index contributed by atoms with van der Waals surface area (Å²) in [5.74, 6) is 0.640. The highest BCUT2D eigenvalue weighted by Gasteiger charge is 2.13. The summed E-state index contributed by atoms with van der Waals surface area (Å²) in [5, 5.41) is 23.9. The Morgan fingerprint density at radius 2 is 2.00 bits per heavy atom. The van der Waals surface area contributed by atoms with Crippen molar-refractivity contribution in [2.75, 3.05) is 0 Å². The van der Waals surface area contributed by atoms with Gasteiger partial charge in [0.2, 0.25) is 5.82 Å². The van der Waals surface area contributed by atoms with Crippen LogP contribution in [-0.2, 0) is 0 Å². The average molecular weight is 304 g/mol. The Balaban J connectivity index is 1.92. The van der Waals surface area contributed by atoms with Gasteiger partial charge < -0.3 is 4.52 Å². The summed E-state index contributed by atoms with van der Waals surface area (Å²) < 4.78 is 5.16. The topological polar surface area (TPSA) is 86.5 Å². The second-order valence-corrected chi connectivity index (χ2v) is 5.25.